The lowest BCUT2D eigenvalue weighted by Crippen LogP contribution is -2.22. The lowest BCUT2D eigenvalue weighted by atomic mass is 9.84. The van der Waals surface area contributed by atoms with Crippen LogP contribution in [0.2, 0.25) is 0 Å². The van der Waals surface area contributed by atoms with Gasteiger partial charge in [-0.25, -0.2) is 0 Å². The molecule has 0 bridgehead atoms. The lowest BCUT2D eigenvalue weighted by Gasteiger charge is -2.27. The van der Waals surface area contributed by atoms with Crippen molar-refractivity contribution < 1.29 is 28.2 Å². The summed E-state index contributed by atoms with van der Waals surface area (Å²) >= 11 is 0. The number of hydrogen-bond acceptors (Lipinski definition) is 7. The predicted molar refractivity (Wildman–Crippen MR) is 130 cm³/mol. The van der Waals surface area contributed by atoms with E-state index in [-0.39, 0.29) is 30.5 Å². The van der Waals surface area contributed by atoms with Gasteiger partial charge in [0.2, 0.25) is 5.78 Å². The van der Waals surface area contributed by atoms with Crippen molar-refractivity contribution in [3.8, 4) is 17.2 Å². The number of aryl methyl sites for hydroxylation is 1. The molecule has 36 heavy (non-hydrogen) atoms. The van der Waals surface area contributed by atoms with Crippen molar-refractivity contribution in [2.24, 2.45) is 0 Å². The monoisotopic (exact) mass is 479 g/mol. The minimum Gasteiger partial charge on any atom is -0.487 e. The highest BCUT2D eigenvalue weighted by atomic mass is 16.5. The van der Waals surface area contributed by atoms with Crippen LogP contribution in [0.15, 0.2) is 83.1 Å². The van der Waals surface area contributed by atoms with E-state index in [1.807, 2.05) is 55.5 Å². The number of carbonyl (C=O) groups is 2. The Morgan fingerprint density at radius 3 is 2.67 bits per heavy atom. The van der Waals surface area contributed by atoms with Gasteiger partial charge in [0, 0.05) is 29.3 Å². The Labute approximate surface area is 206 Å². The maximum absolute atomic E-state index is 13.2. The number of ether oxygens (including phenoxy) is 3. The zero-order chi connectivity index (χ0) is 24.6. The summed E-state index contributed by atoms with van der Waals surface area (Å²) in [6, 6.07) is 20.0. The number of benzene rings is 2. The van der Waals surface area contributed by atoms with Crippen molar-refractivity contribution in [1.29, 1.82) is 0 Å². The smallest absolute Gasteiger partial charge is 0.312 e. The first-order valence-electron chi connectivity index (χ1n) is 11.6. The van der Waals surface area contributed by atoms with Crippen LogP contribution < -0.4 is 14.2 Å². The van der Waals surface area contributed by atoms with Gasteiger partial charge in [-0.2, -0.15) is 0 Å². The van der Waals surface area contributed by atoms with Crippen molar-refractivity contribution in [3.05, 3.63) is 113 Å². The minimum atomic E-state index is -0.422. The number of fused-ring (bicyclic) bond motifs is 3. The van der Waals surface area contributed by atoms with E-state index in [1.54, 1.807) is 30.5 Å². The Morgan fingerprint density at radius 2 is 1.86 bits per heavy atom. The SMILES string of the molecule is Cc1ccc(C=C2Oc3c(ccc4c3C(c3ccccc3OCc3ccccn3)CC(=O)O4)C2=O)o1. The van der Waals surface area contributed by atoms with Gasteiger partial charge >= 0.3 is 5.97 Å². The van der Waals surface area contributed by atoms with Crippen LogP contribution in [0.5, 0.6) is 17.2 Å². The number of Topliss-reactive ketones (excluding diaryl/α,β-unsaturated/α-hetero) is 1. The zero-order valence-electron chi connectivity index (χ0n) is 19.4. The molecule has 0 saturated carbocycles. The fourth-order valence-electron chi connectivity index (χ4n) is 4.57. The van der Waals surface area contributed by atoms with E-state index in [2.05, 4.69) is 4.98 Å². The largest absolute Gasteiger partial charge is 0.487 e. The Balaban J connectivity index is 1.40. The highest BCUT2D eigenvalue weighted by Crippen LogP contribution is 2.50. The second-order valence-electron chi connectivity index (χ2n) is 8.62. The maximum Gasteiger partial charge on any atom is 0.312 e. The number of ketones is 1. The van der Waals surface area contributed by atoms with E-state index in [4.69, 9.17) is 18.6 Å². The quantitative estimate of drug-likeness (QED) is 0.209. The molecule has 0 fully saturated rings. The molecule has 0 spiro atoms. The molecule has 0 aliphatic carbocycles. The molecule has 1 atom stereocenters. The topological polar surface area (TPSA) is 87.9 Å². The second kappa shape index (κ2) is 8.85. The number of rotatable bonds is 5. The summed E-state index contributed by atoms with van der Waals surface area (Å²) in [4.78, 5) is 30.0. The second-order valence-corrected chi connectivity index (χ2v) is 8.62. The molecule has 1 unspecified atom stereocenters. The van der Waals surface area contributed by atoms with Crippen LogP contribution in [-0.2, 0) is 11.4 Å². The van der Waals surface area contributed by atoms with Crippen molar-refractivity contribution in [1.82, 2.24) is 4.98 Å². The van der Waals surface area contributed by atoms with E-state index < -0.39 is 5.92 Å². The van der Waals surface area contributed by atoms with E-state index >= 15 is 0 Å². The summed E-state index contributed by atoms with van der Waals surface area (Å²) < 4.78 is 23.4. The number of aromatic nitrogens is 1. The number of furan rings is 1. The van der Waals surface area contributed by atoms with Crippen molar-refractivity contribution in [2.45, 2.75) is 25.9 Å². The summed E-state index contributed by atoms with van der Waals surface area (Å²) in [7, 11) is 0. The van der Waals surface area contributed by atoms with Crippen molar-refractivity contribution in [2.75, 3.05) is 0 Å². The molecular formula is C29H21NO6. The fraction of sp³-hybridized carbons (Fsp3) is 0.138. The molecule has 6 rings (SSSR count). The summed E-state index contributed by atoms with van der Waals surface area (Å²) in [5.74, 6) is 1.76. The molecule has 2 aliphatic heterocycles. The fourth-order valence-corrected chi connectivity index (χ4v) is 4.57. The number of hydrogen-bond donors (Lipinski definition) is 0. The Morgan fingerprint density at radius 1 is 1.00 bits per heavy atom. The van der Waals surface area contributed by atoms with E-state index in [0.717, 1.165) is 17.0 Å². The molecule has 0 amide bonds. The number of nitrogens with zero attached hydrogens (tertiary/aromatic N) is 1. The van der Waals surface area contributed by atoms with E-state index in [0.29, 0.717) is 34.1 Å². The van der Waals surface area contributed by atoms with E-state index in [1.165, 1.54) is 0 Å². The molecule has 2 aromatic carbocycles. The first-order valence-corrected chi connectivity index (χ1v) is 11.6. The Bertz CT molecular complexity index is 1520. The number of pyridine rings is 1. The first-order chi connectivity index (χ1) is 17.6. The van der Waals surface area contributed by atoms with Crippen LogP contribution >= 0.6 is 0 Å². The average Bonchev–Trinajstić information content (AvgIpc) is 3.45. The zero-order valence-corrected chi connectivity index (χ0v) is 19.4. The molecule has 0 radical (unpaired) electrons. The third kappa shape index (κ3) is 3.94. The molecular weight excluding hydrogens is 458 g/mol. The van der Waals surface area contributed by atoms with Gasteiger partial charge in [-0.1, -0.05) is 24.3 Å². The molecule has 2 aliphatic rings. The van der Waals surface area contributed by atoms with Crippen LogP contribution in [0, 0.1) is 6.92 Å². The van der Waals surface area contributed by atoms with Gasteiger partial charge in [-0.15, -0.1) is 0 Å². The maximum atomic E-state index is 13.2. The highest BCUT2D eigenvalue weighted by Gasteiger charge is 2.39. The van der Waals surface area contributed by atoms with Gasteiger partial charge in [0.1, 0.15) is 35.4 Å². The highest BCUT2D eigenvalue weighted by molar-refractivity contribution is 6.15. The average molecular weight is 479 g/mol. The van der Waals surface area contributed by atoms with Crippen molar-refractivity contribution in [3.63, 3.8) is 0 Å². The number of para-hydroxylation sites is 1. The number of allylic oxidation sites excluding steroid dienone is 1. The first kappa shape index (κ1) is 21.9. The summed E-state index contributed by atoms with van der Waals surface area (Å²) in [5.41, 5.74) is 2.65. The van der Waals surface area contributed by atoms with Gasteiger partial charge in [0.15, 0.2) is 5.76 Å². The third-order valence-electron chi connectivity index (χ3n) is 6.21. The van der Waals surface area contributed by atoms with Crippen LogP contribution in [0.1, 0.15) is 51.0 Å². The number of carbonyl (C=O) groups excluding carboxylic acids is 2. The summed E-state index contributed by atoms with van der Waals surface area (Å²) in [6.07, 6.45) is 3.38. The van der Waals surface area contributed by atoms with Crippen LogP contribution in [0.25, 0.3) is 6.08 Å². The molecule has 0 saturated heterocycles. The van der Waals surface area contributed by atoms with Gasteiger partial charge in [0.05, 0.1) is 17.7 Å². The van der Waals surface area contributed by atoms with Gasteiger partial charge in [-0.05, 0) is 49.4 Å². The van der Waals surface area contributed by atoms with Crippen LogP contribution in [0.3, 0.4) is 0 Å². The molecule has 2 aromatic heterocycles. The van der Waals surface area contributed by atoms with Gasteiger partial charge < -0.3 is 18.6 Å². The molecule has 178 valence electrons. The molecule has 0 N–H and O–H groups in total. The standard InChI is InChI=1S/C29H21NO6/c1-17-9-10-19(34-17)14-25-28(32)21-11-12-24-27(29(21)36-25)22(15-26(31)35-24)20-7-2-3-8-23(20)33-16-18-6-4-5-13-30-18/h2-14,22H,15-16H2,1H3. The van der Waals surface area contributed by atoms with Crippen molar-refractivity contribution >= 4 is 17.8 Å². The molecule has 7 nitrogen and oxygen atoms in total. The molecule has 7 heteroatoms. The van der Waals surface area contributed by atoms with Crippen LogP contribution in [-0.4, -0.2) is 16.7 Å². The van der Waals surface area contributed by atoms with Crippen LogP contribution in [0.4, 0.5) is 0 Å². The van der Waals surface area contributed by atoms with Gasteiger partial charge in [-0.3, -0.25) is 14.6 Å². The predicted octanol–water partition coefficient (Wildman–Crippen LogP) is 5.62. The van der Waals surface area contributed by atoms with E-state index in [9.17, 15) is 9.59 Å². The number of esters is 1. The molecule has 4 heterocycles. The third-order valence-corrected chi connectivity index (χ3v) is 6.21. The van der Waals surface area contributed by atoms with Gasteiger partial charge in [0.25, 0.3) is 0 Å². The summed E-state index contributed by atoms with van der Waals surface area (Å²) in [6.45, 7) is 2.11. The molecule has 4 aromatic rings. The summed E-state index contributed by atoms with van der Waals surface area (Å²) in [5, 5.41) is 0. The Hall–Kier alpha value is -4.65. The Kier molecular flexibility index (Phi) is 5.37. The minimum absolute atomic E-state index is 0.0847. The normalized spacial score (nSPS) is 17.4. The lowest BCUT2D eigenvalue weighted by molar-refractivity contribution is -0.135.